The first-order chi connectivity index (χ1) is 13.3. The number of nitrogens with zero attached hydrogens (tertiary/aromatic N) is 3. The lowest BCUT2D eigenvalue weighted by Gasteiger charge is -2.04. The molecule has 6 nitrogen and oxygen atoms in total. The Labute approximate surface area is 162 Å². The maximum absolute atomic E-state index is 12.1. The lowest BCUT2D eigenvalue weighted by Crippen LogP contribution is -2.30. The number of carbonyl (C=O) groups excluding carboxylic acids is 1. The maximum Gasteiger partial charge on any atom is 0.321 e. The van der Waals surface area contributed by atoms with E-state index in [1.807, 2.05) is 47.4 Å². The van der Waals surface area contributed by atoms with E-state index in [1.165, 1.54) is 29.8 Å². The summed E-state index contributed by atoms with van der Waals surface area (Å²) in [5.74, 6) is 0. The Balaban J connectivity index is 1.26. The molecule has 3 aromatic rings. The second-order valence-electron chi connectivity index (χ2n) is 6.71. The quantitative estimate of drug-likeness (QED) is 0.657. The van der Waals surface area contributed by atoms with E-state index >= 15 is 0 Å². The molecule has 0 bridgehead atoms. The highest BCUT2D eigenvalue weighted by atomic mass is 32.1. The Hall–Kier alpha value is -2.67. The van der Waals surface area contributed by atoms with Gasteiger partial charge in [0.15, 0.2) is 5.13 Å². The molecule has 0 radical (unpaired) electrons. The number of nitrogens with one attached hydrogen (secondary N) is 2. The maximum atomic E-state index is 12.1. The molecule has 0 unspecified atom stereocenters. The first-order valence-corrected chi connectivity index (χ1v) is 10.2. The van der Waals surface area contributed by atoms with Gasteiger partial charge in [-0.15, -0.1) is 11.3 Å². The van der Waals surface area contributed by atoms with Crippen molar-refractivity contribution in [3.8, 4) is 5.69 Å². The van der Waals surface area contributed by atoms with Gasteiger partial charge in [-0.2, -0.15) is 5.10 Å². The number of carbonyl (C=O) groups is 1. The van der Waals surface area contributed by atoms with Crippen LogP contribution in [0.1, 0.15) is 35.4 Å². The lowest BCUT2D eigenvalue weighted by molar-refractivity contribution is 0.252. The molecular formula is C20H23N5OS. The Morgan fingerprint density at radius 1 is 1.15 bits per heavy atom. The summed E-state index contributed by atoms with van der Waals surface area (Å²) in [6.07, 6.45) is 10.4. The molecule has 2 heterocycles. The third kappa shape index (κ3) is 4.54. The van der Waals surface area contributed by atoms with Crippen LogP contribution >= 0.6 is 11.3 Å². The number of benzene rings is 1. The molecule has 1 aromatic carbocycles. The third-order valence-corrected chi connectivity index (χ3v) is 5.75. The standard InChI is InChI=1S/C20H23N5OS/c26-19(24-20-23-17-9-5-2-6-10-18(17)27-20)21-12-11-15-13-22-25(14-15)16-7-3-1-4-8-16/h1,3-4,7-8,13-14H,2,5-6,9-12H2,(H2,21,23,24,26). The van der Waals surface area contributed by atoms with Crippen LogP contribution < -0.4 is 10.6 Å². The fourth-order valence-electron chi connectivity index (χ4n) is 3.26. The van der Waals surface area contributed by atoms with Crippen molar-refractivity contribution in [1.29, 1.82) is 0 Å². The predicted octanol–water partition coefficient (Wildman–Crippen LogP) is 3.96. The molecule has 0 fully saturated rings. The molecule has 1 aliphatic carbocycles. The lowest BCUT2D eigenvalue weighted by atomic mass is 10.2. The van der Waals surface area contributed by atoms with E-state index in [0.717, 1.165) is 30.5 Å². The summed E-state index contributed by atoms with van der Waals surface area (Å²) in [5, 5.41) is 10.9. The van der Waals surface area contributed by atoms with Crippen molar-refractivity contribution >= 4 is 22.5 Å². The van der Waals surface area contributed by atoms with E-state index in [4.69, 9.17) is 0 Å². The van der Waals surface area contributed by atoms with Crippen molar-refractivity contribution in [1.82, 2.24) is 20.1 Å². The topological polar surface area (TPSA) is 71.8 Å². The van der Waals surface area contributed by atoms with E-state index in [-0.39, 0.29) is 6.03 Å². The van der Waals surface area contributed by atoms with Crippen molar-refractivity contribution < 1.29 is 4.79 Å². The van der Waals surface area contributed by atoms with Gasteiger partial charge in [-0.3, -0.25) is 5.32 Å². The number of aromatic nitrogens is 3. The summed E-state index contributed by atoms with van der Waals surface area (Å²) in [7, 11) is 0. The van der Waals surface area contributed by atoms with Crippen LogP contribution in [0.15, 0.2) is 42.7 Å². The minimum absolute atomic E-state index is 0.200. The molecule has 0 spiro atoms. The van der Waals surface area contributed by atoms with Crippen LogP contribution in [-0.4, -0.2) is 27.3 Å². The molecule has 2 amide bonds. The van der Waals surface area contributed by atoms with Gasteiger partial charge in [0.1, 0.15) is 0 Å². The molecule has 1 aliphatic rings. The normalized spacial score (nSPS) is 13.6. The number of anilines is 1. The number of aryl methyl sites for hydroxylation is 2. The van der Waals surface area contributed by atoms with Gasteiger partial charge in [-0.25, -0.2) is 14.5 Å². The molecule has 140 valence electrons. The fourth-order valence-corrected chi connectivity index (χ4v) is 4.30. The molecule has 27 heavy (non-hydrogen) atoms. The average Bonchev–Trinajstić information content (AvgIpc) is 3.24. The highest BCUT2D eigenvalue weighted by Crippen LogP contribution is 2.28. The fraction of sp³-hybridized carbons (Fsp3) is 0.350. The van der Waals surface area contributed by atoms with Crippen LogP contribution in [0.5, 0.6) is 0 Å². The zero-order valence-corrected chi connectivity index (χ0v) is 16.0. The van der Waals surface area contributed by atoms with Crippen molar-refractivity contribution in [2.45, 2.75) is 38.5 Å². The molecular weight excluding hydrogens is 358 g/mol. The Morgan fingerprint density at radius 2 is 2.00 bits per heavy atom. The van der Waals surface area contributed by atoms with Crippen LogP contribution in [0, 0.1) is 0 Å². The highest BCUT2D eigenvalue weighted by molar-refractivity contribution is 7.15. The number of hydrogen-bond acceptors (Lipinski definition) is 4. The Morgan fingerprint density at radius 3 is 2.89 bits per heavy atom. The van der Waals surface area contributed by atoms with Crippen LogP contribution in [0.25, 0.3) is 5.69 Å². The monoisotopic (exact) mass is 381 g/mol. The van der Waals surface area contributed by atoms with Crippen molar-refractivity contribution in [3.05, 3.63) is 58.9 Å². The minimum Gasteiger partial charge on any atom is -0.337 e. The van der Waals surface area contributed by atoms with Crippen LogP contribution in [0.3, 0.4) is 0 Å². The van der Waals surface area contributed by atoms with Crippen LogP contribution in [-0.2, 0) is 19.3 Å². The number of para-hydroxylation sites is 1. The number of fused-ring (bicyclic) bond motifs is 1. The van der Waals surface area contributed by atoms with Crippen LogP contribution in [0.2, 0.25) is 0 Å². The molecule has 0 atom stereocenters. The predicted molar refractivity (Wildman–Crippen MR) is 108 cm³/mol. The van der Waals surface area contributed by atoms with E-state index in [1.54, 1.807) is 11.3 Å². The molecule has 0 saturated carbocycles. The smallest absolute Gasteiger partial charge is 0.321 e. The Kier molecular flexibility index (Phi) is 5.48. The highest BCUT2D eigenvalue weighted by Gasteiger charge is 2.15. The van der Waals surface area contributed by atoms with Gasteiger partial charge >= 0.3 is 6.03 Å². The largest absolute Gasteiger partial charge is 0.337 e. The minimum atomic E-state index is -0.200. The zero-order valence-electron chi connectivity index (χ0n) is 15.1. The molecule has 2 N–H and O–H groups in total. The van der Waals surface area contributed by atoms with Crippen LogP contribution in [0.4, 0.5) is 9.93 Å². The summed E-state index contributed by atoms with van der Waals surface area (Å²) < 4.78 is 1.85. The van der Waals surface area contributed by atoms with E-state index in [9.17, 15) is 4.79 Å². The molecule has 4 rings (SSSR count). The summed E-state index contributed by atoms with van der Waals surface area (Å²) in [6, 6.07) is 9.78. The van der Waals surface area contributed by atoms with Gasteiger partial charge in [-0.1, -0.05) is 24.6 Å². The van der Waals surface area contributed by atoms with Gasteiger partial charge in [0.05, 0.1) is 17.6 Å². The summed E-state index contributed by atoms with van der Waals surface area (Å²) in [4.78, 5) is 18.1. The number of thiazole rings is 1. The number of rotatable bonds is 5. The van der Waals surface area contributed by atoms with Gasteiger partial charge in [-0.05, 0) is 49.8 Å². The molecule has 0 saturated heterocycles. The second-order valence-corrected chi connectivity index (χ2v) is 7.79. The van der Waals surface area contributed by atoms with Crippen molar-refractivity contribution in [3.63, 3.8) is 0 Å². The third-order valence-electron chi connectivity index (χ3n) is 4.67. The summed E-state index contributed by atoms with van der Waals surface area (Å²) in [6.45, 7) is 0.553. The molecule has 0 aliphatic heterocycles. The first kappa shape index (κ1) is 17.7. The van der Waals surface area contributed by atoms with Crippen molar-refractivity contribution in [2.75, 3.05) is 11.9 Å². The average molecular weight is 382 g/mol. The summed E-state index contributed by atoms with van der Waals surface area (Å²) >= 11 is 1.61. The summed E-state index contributed by atoms with van der Waals surface area (Å²) in [5.41, 5.74) is 3.28. The van der Waals surface area contributed by atoms with Gasteiger partial charge in [0.25, 0.3) is 0 Å². The van der Waals surface area contributed by atoms with E-state index in [2.05, 4.69) is 20.7 Å². The number of hydrogen-bond donors (Lipinski definition) is 2. The number of urea groups is 1. The van der Waals surface area contributed by atoms with E-state index in [0.29, 0.717) is 11.7 Å². The molecule has 7 heteroatoms. The first-order valence-electron chi connectivity index (χ1n) is 9.40. The molecule has 2 aromatic heterocycles. The number of amides is 2. The van der Waals surface area contributed by atoms with E-state index < -0.39 is 0 Å². The van der Waals surface area contributed by atoms with Gasteiger partial charge in [0, 0.05) is 17.6 Å². The second kappa shape index (κ2) is 8.35. The SMILES string of the molecule is O=C(NCCc1cnn(-c2ccccc2)c1)Nc1nc2c(s1)CCCCC2. The Bertz CT molecular complexity index is 879. The van der Waals surface area contributed by atoms with Crippen molar-refractivity contribution in [2.24, 2.45) is 0 Å². The van der Waals surface area contributed by atoms with Gasteiger partial charge < -0.3 is 5.32 Å². The zero-order chi connectivity index (χ0) is 18.5. The van der Waals surface area contributed by atoms with Gasteiger partial charge in [0.2, 0.25) is 0 Å².